The van der Waals surface area contributed by atoms with Crippen molar-refractivity contribution in [1.29, 1.82) is 0 Å². The molecule has 0 aromatic heterocycles. The van der Waals surface area contributed by atoms with Crippen molar-refractivity contribution in [2.45, 2.75) is 18.6 Å². The van der Waals surface area contributed by atoms with Crippen molar-refractivity contribution in [3.05, 3.63) is 0 Å². The molecule has 9 heavy (non-hydrogen) atoms. The van der Waals surface area contributed by atoms with E-state index >= 15 is 0 Å². The number of hydrogen-bond acceptors (Lipinski definition) is 3. The number of rotatable bonds is 1. The minimum Gasteiger partial charge on any atom is -0.380 e. The summed E-state index contributed by atoms with van der Waals surface area (Å²) in [5.41, 5.74) is 5.74. The topological polar surface area (TPSA) is 35.2 Å². The molecule has 0 aliphatic carbocycles. The van der Waals surface area contributed by atoms with Crippen LogP contribution in [0.3, 0.4) is 0 Å². The van der Waals surface area contributed by atoms with Crippen molar-refractivity contribution in [2.75, 3.05) is 18.6 Å². The predicted octanol–water partition coefficient (Wildman–Crippen LogP) is 0.466. The second kappa shape index (κ2) is 3.44. The van der Waals surface area contributed by atoms with Crippen molar-refractivity contribution in [2.24, 2.45) is 5.73 Å². The summed E-state index contributed by atoms with van der Waals surface area (Å²) in [5.74, 6) is 2.25. The second-order valence-electron chi connectivity index (χ2n) is 2.30. The maximum atomic E-state index is 5.74. The molecule has 2 unspecified atom stereocenters. The fourth-order valence-electron chi connectivity index (χ4n) is 1.03. The van der Waals surface area contributed by atoms with Crippen LogP contribution in [0.5, 0.6) is 0 Å². The lowest BCUT2D eigenvalue weighted by Gasteiger charge is -2.26. The van der Waals surface area contributed by atoms with Crippen LogP contribution in [0, 0.1) is 0 Å². The van der Waals surface area contributed by atoms with Crippen LogP contribution in [0.2, 0.25) is 0 Å². The summed E-state index contributed by atoms with van der Waals surface area (Å²) >= 11 is 1.92. The number of nitrogens with two attached hydrogens (primary N) is 1. The van der Waals surface area contributed by atoms with Crippen molar-refractivity contribution in [1.82, 2.24) is 0 Å². The van der Waals surface area contributed by atoms with E-state index in [1.807, 2.05) is 11.8 Å². The first-order valence-corrected chi connectivity index (χ1v) is 4.36. The zero-order chi connectivity index (χ0) is 6.69. The molecule has 1 saturated heterocycles. The molecule has 0 aromatic carbocycles. The van der Waals surface area contributed by atoms with Gasteiger partial charge in [-0.1, -0.05) is 0 Å². The summed E-state index contributed by atoms with van der Waals surface area (Å²) < 4.78 is 5.17. The van der Waals surface area contributed by atoms with Gasteiger partial charge in [0.2, 0.25) is 0 Å². The fraction of sp³-hybridized carbons (Fsp3) is 1.00. The standard InChI is InChI=1S/C6H13NOS/c1-8-6-2-3-9-4-5(6)7/h5-6H,2-4,7H2,1H3. The minimum atomic E-state index is 0.258. The Morgan fingerprint density at radius 1 is 1.67 bits per heavy atom. The van der Waals surface area contributed by atoms with Crippen LogP contribution >= 0.6 is 11.8 Å². The van der Waals surface area contributed by atoms with Gasteiger partial charge in [-0.25, -0.2) is 0 Å². The molecule has 2 nitrogen and oxygen atoms in total. The van der Waals surface area contributed by atoms with E-state index in [9.17, 15) is 0 Å². The van der Waals surface area contributed by atoms with Crippen molar-refractivity contribution >= 4 is 11.8 Å². The quantitative estimate of drug-likeness (QED) is 0.585. The smallest absolute Gasteiger partial charge is 0.0738 e. The van der Waals surface area contributed by atoms with Crippen LogP contribution in [-0.4, -0.2) is 30.8 Å². The summed E-state index contributed by atoms with van der Waals surface area (Å²) in [6, 6.07) is 0.258. The summed E-state index contributed by atoms with van der Waals surface area (Å²) in [6.45, 7) is 0. The third kappa shape index (κ3) is 1.85. The highest BCUT2D eigenvalue weighted by Crippen LogP contribution is 2.17. The number of methoxy groups -OCH3 is 1. The first kappa shape index (κ1) is 7.38. The highest BCUT2D eigenvalue weighted by Gasteiger charge is 2.20. The van der Waals surface area contributed by atoms with Gasteiger partial charge in [-0.05, 0) is 12.2 Å². The largest absolute Gasteiger partial charge is 0.380 e. The molecule has 0 amide bonds. The third-order valence-electron chi connectivity index (χ3n) is 1.64. The Morgan fingerprint density at radius 2 is 2.44 bits per heavy atom. The summed E-state index contributed by atoms with van der Waals surface area (Å²) in [7, 11) is 1.74. The Labute approximate surface area is 60.1 Å². The molecule has 0 aromatic rings. The lowest BCUT2D eigenvalue weighted by atomic mass is 10.1. The molecule has 1 aliphatic heterocycles. The fourth-order valence-corrected chi connectivity index (χ4v) is 2.09. The molecule has 0 saturated carbocycles. The summed E-state index contributed by atoms with van der Waals surface area (Å²) in [5, 5.41) is 0. The molecular weight excluding hydrogens is 134 g/mol. The Kier molecular flexibility index (Phi) is 2.82. The molecule has 3 heteroatoms. The zero-order valence-corrected chi connectivity index (χ0v) is 6.49. The van der Waals surface area contributed by atoms with Gasteiger partial charge in [0, 0.05) is 18.9 Å². The van der Waals surface area contributed by atoms with E-state index in [0.29, 0.717) is 6.10 Å². The molecule has 2 N–H and O–H groups in total. The minimum absolute atomic E-state index is 0.258. The Balaban J connectivity index is 2.30. The van der Waals surface area contributed by atoms with Gasteiger partial charge in [0.25, 0.3) is 0 Å². The van der Waals surface area contributed by atoms with Gasteiger partial charge >= 0.3 is 0 Å². The molecular formula is C6H13NOS. The van der Waals surface area contributed by atoms with E-state index in [1.165, 1.54) is 5.75 Å². The van der Waals surface area contributed by atoms with Gasteiger partial charge in [0.15, 0.2) is 0 Å². The summed E-state index contributed by atoms with van der Waals surface area (Å²) in [4.78, 5) is 0. The van der Waals surface area contributed by atoms with E-state index in [1.54, 1.807) is 7.11 Å². The van der Waals surface area contributed by atoms with Gasteiger partial charge in [-0.2, -0.15) is 11.8 Å². The van der Waals surface area contributed by atoms with Crippen LogP contribution in [0.25, 0.3) is 0 Å². The van der Waals surface area contributed by atoms with E-state index in [2.05, 4.69) is 0 Å². The van der Waals surface area contributed by atoms with Gasteiger partial charge in [-0.15, -0.1) is 0 Å². The first-order valence-electron chi connectivity index (χ1n) is 3.20. The lowest BCUT2D eigenvalue weighted by Crippen LogP contribution is -2.41. The average molecular weight is 147 g/mol. The normalized spacial score (nSPS) is 36.7. The highest BCUT2D eigenvalue weighted by atomic mass is 32.2. The molecule has 0 spiro atoms. The Morgan fingerprint density at radius 3 is 2.89 bits per heavy atom. The van der Waals surface area contributed by atoms with Gasteiger partial charge in [0.05, 0.1) is 6.10 Å². The molecule has 2 atom stereocenters. The van der Waals surface area contributed by atoms with Crippen molar-refractivity contribution < 1.29 is 4.74 Å². The van der Waals surface area contributed by atoms with Crippen LogP contribution in [0.15, 0.2) is 0 Å². The van der Waals surface area contributed by atoms with E-state index < -0.39 is 0 Å². The van der Waals surface area contributed by atoms with Gasteiger partial charge in [-0.3, -0.25) is 0 Å². The lowest BCUT2D eigenvalue weighted by molar-refractivity contribution is 0.0819. The van der Waals surface area contributed by atoms with Crippen LogP contribution in [-0.2, 0) is 4.74 Å². The predicted molar refractivity (Wildman–Crippen MR) is 40.7 cm³/mol. The third-order valence-corrected chi connectivity index (χ3v) is 2.78. The van der Waals surface area contributed by atoms with E-state index in [4.69, 9.17) is 10.5 Å². The van der Waals surface area contributed by atoms with Crippen molar-refractivity contribution in [3.8, 4) is 0 Å². The number of ether oxygens (including phenoxy) is 1. The maximum absolute atomic E-state index is 5.74. The molecule has 0 radical (unpaired) electrons. The SMILES string of the molecule is COC1CCSCC1N. The number of thioether (sulfide) groups is 1. The van der Waals surface area contributed by atoms with E-state index in [0.717, 1.165) is 12.2 Å². The highest BCUT2D eigenvalue weighted by molar-refractivity contribution is 7.99. The molecule has 1 rings (SSSR count). The van der Waals surface area contributed by atoms with Gasteiger partial charge in [0.1, 0.15) is 0 Å². The number of hydrogen-bond donors (Lipinski definition) is 1. The van der Waals surface area contributed by atoms with E-state index in [-0.39, 0.29) is 6.04 Å². The maximum Gasteiger partial charge on any atom is 0.0738 e. The second-order valence-corrected chi connectivity index (χ2v) is 3.45. The summed E-state index contributed by atoms with van der Waals surface area (Å²) in [6.07, 6.45) is 1.42. The average Bonchev–Trinajstić information content (AvgIpc) is 1.89. The molecule has 1 heterocycles. The molecule has 0 bridgehead atoms. The van der Waals surface area contributed by atoms with Gasteiger partial charge < -0.3 is 10.5 Å². The molecule has 1 fully saturated rings. The molecule has 1 aliphatic rings. The van der Waals surface area contributed by atoms with Crippen LogP contribution < -0.4 is 5.73 Å². The molecule has 54 valence electrons. The Hall–Kier alpha value is 0.270. The Bertz CT molecular complexity index is 89.1. The van der Waals surface area contributed by atoms with Crippen LogP contribution in [0.4, 0.5) is 0 Å². The van der Waals surface area contributed by atoms with Crippen molar-refractivity contribution in [3.63, 3.8) is 0 Å². The van der Waals surface area contributed by atoms with Crippen LogP contribution in [0.1, 0.15) is 6.42 Å². The monoisotopic (exact) mass is 147 g/mol. The zero-order valence-electron chi connectivity index (χ0n) is 5.67. The first-order chi connectivity index (χ1) is 4.34.